The fourth-order valence-corrected chi connectivity index (χ4v) is 18.7. The lowest BCUT2D eigenvalue weighted by molar-refractivity contribution is 0.668. The van der Waals surface area contributed by atoms with Crippen molar-refractivity contribution in [3.05, 3.63) is 485 Å². The molecule has 6 nitrogen and oxygen atoms in total. The minimum atomic E-state index is 0.868. The van der Waals surface area contributed by atoms with E-state index in [1.807, 2.05) is 18.2 Å². The molecule has 592 valence electrons. The average molecular weight is 1610 g/mol. The molecule has 0 fully saturated rings. The van der Waals surface area contributed by atoms with Gasteiger partial charge in [0.25, 0.3) is 0 Å². The lowest BCUT2D eigenvalue weighted by Crippen LogP contribution is -2.11. The van der Waals surface area contributed by atoms with Crippen molar-refractivity contribution in [1.82, 2.24) is 9.13 Å². The topological polar surface area (TPSA) is 42.6 Å². The maximum Gasteiger partial charge on any atom is 0.136 e. The van der Waals surface area contributed by atoms with Crippen LogP contribution in [0.25, 0.3) is 188 Å². The van der Waals surface area contributed by atoms with Gasteiger partial charge in [-0.2, -0.15) is 0 Å². The quantitative estimate of drug-likeness (QED) is 0.0967. The van der Waals surface area contributed by atoms with Gasteiger partial charge in [0.05, 0.1) is 33.4 Å². The molecule has 24 aromatic rings. The molecular formula is C120H80N4O2. The average Bonchev–Trinajstić information content (AvgIpc) is 1.55. The number of nitrogens with zero attached hydrogens (tertiary/aromatic N) is 4. The van der Waals surface area contributed by atoms with Crippen LogP contribution in [0.3, 0.4) is 0 Å². The largest absolute Gasteiger partial charge is 0.456 e. The van der Waals surface area contributed by atoms with Gasteiger partial charge in [0.15, 0.2) is 0 Å². The lowest BCUT2D eigenvalue weighted by Gasteiger charge is -2.29. The maximum absolute atomic E-state index is 6.53. The van der Waals surface area contributed by atoms with Crippen molar-refractivity contribution in [3.63, 3.8) is 0 Å². The fraction of sp³-hybridized carbons (Fsp3) is 0. The number of hydrogen-bond acceptors (Lipinski definition) is 4. The molecule has 0 radical (unpaired) electrons. The van der Waals surface area contributed by atoms with Crippen LogP contribution in [0.15, 0.2) is 494 Å². The molecule has 0 aliphatic rings. The van der Waals surface area contributed by atoms with Gasteiger partial charge >= 0.3 is 0 Å². The summed E-state index contributed by atoms with van der Waals surface area (Å²) in [5, 5.41) is 9.21. The van der Waals surface area contributed by atoms with Gasteiger partial charge in [0, 0.05) is 88.3 Å². The van der Waals surface area contributed by atoms with Gasteiger partial charge in [0.1, 0.15) is 22.3 Å². The second-order valence-electron chi connectivity index (χ2n) is 32.2. The molecule has 0 N–H and O–H groups in total. The van der Waals surface area contributed by atoms with E-state index in [9.17, 15) is 0 Å². The monoisotopic (exact) mass is 1610 g/mol. The number of benzene rings is 20. The predicted molar refractivity (Wildman–Crippen MR) is 529 cm³/mol. The summed E-state index contributed by atoms with van der Waals surface area (Å²) < 4.78 is 17.7. The number of furan rings is 2. The van der Waals surface area contributed by atoms with Crippen LogP contribution in [0, 0.1) is 0 Å². The fourth-order valence-electron chi connectivity index (χ4n) is 18.7. The summed E-state index contributed by atoms with van der Waals surface area (Å²) >= 11 is 0. The first kappa shape index (κ1) is 74.3. The van der Waals surface area contributed by atoms with Crippen LogP contribution in [-0.2, 0) is 0 Å². The van der Waals surface area contributed by atoms with Crippen molar-refractivity contribution >= 4 is 122 Å². The third-order valence-electron chi connectivity index (χ3n) is 24.8. The Morgan fingerprint density at radius 3 is 0.849 bits per heavy atom. The number of aromatic nitrogens is 2. The first-order valence-electron chi connectivity index (χ1n) is 43.0. The summed E-state index contributed by atoms with van der Waals surface area (Å²) in [7, 11) is 0. The van der Waals surface area contributed by atoms with Gasteiger partial charge in [-0.1, -0.05) is 346 Å². The minimum absolute atomic E-state index is 0.868. The van der Waals surface area contributed by atoms with Gasteiger partial charge in [-0.15, -0.1) is 0 Å². The van der Waals surface area contributed by atoms with E-state index >= 15 is 0 Å². The Kier molecular flexibility index (Phi) is 18.8. The number of fused-ring (bicyclic) bond motifs is 12. The smallest absolute Gasteiger partial charge is 0.136 e. The maximum atomic E-state index is 6.53. The lowest BCUT2D eigenvalue weighted by atomic mass is 9.94. The van der Waals surface area contributed by atoms with Crippen LogP contribution in [0.4, 0.5) is 34.1 Å². The molecule has 0 aliphatic carbocycles. The zero-order chi connectivity index (χ0) is 83.4. The Hall–Kier alpha value is -16.8. The molecule has 0 aliphatic heterocycles. The van der Waals surface area contributed by atoms with Crippen molar-refractivity contribution in [2.75, 3.05) is 9.80 Å². The zero-order valence-corrected chi connectivity index (χ0v) is 68.8. The van der Waals surface area contributed by atoms with Gasteiger partial charge in [-0.25, -0.2) is 0 Å². The molecule has 0 amide bonds. The van der Waals surface area contributed by atoms with Gasteiger partial charge in [-0.05, 0) is 217 Å². The molecule has 0 saturated heterocycles. The number of anilines is 6. The summed E-state index contributed by atoms with van der Waals surface area (Å²) in [5.41, 5.74) is 35.4. The standard InChI is InChI=1S/2C60H40N2O/c1-4-15-41(16-5-1)43-27-29-44(30-28-43)46-33-37-49(38-34-46)61(48-35-31-45(32-36-48)42-17-6-2-7-18-42)56-40-57-53(50-21-10-12-24-55(50)62(57)47-19-8-3-9-20-47)39-54(56)51-23-14-26-59-60(51)52-22-11-13-25-58(52)63-59;1-4-14-41(15-5-1)43-24-26-44(27-25-43)46-30-35-50(36-31-46)61(49-33-28-45(29-34-49)42-16-6-2-7-17-42)57-40-58-54(51-20-10-12-22-56(51)62(58)48-18-8-3-9-19-48)39-53(57)47-32-37-60-55(38-47)52-21-11-13-23-59(52)63-60/h2*1-40H. The van der Waals surface area contributed by atoms with E-state index < -0.39 is 0 Å². The highest BCUT2D eigenvalue weighted by atomic mass is 16.3. The van der Waals surface area contributed by atoms with E-state index in [4.69, 9.17) is 8.83 Å². The third-order valence-corrected chi connectivity index (χ3v) is 24.8. The molecule has 4 heterocycles. The van der Waals surface area contributed by atoms with Gasteiger partial charge < -0.3 is 27.8 Å². The third kappa shape index (κ3) is 13.6. The Labute approximate surface area is 730 Å². The van der Waals surface area contributed by atoms with Crippen molar-refractivity contribution in [2.45, 2.75) is 0 Å². The van der Waals surface area contributed by atoms with E-state index in [-0.39, 0.29) is 0 Å². The Morgan fingerprint density at radius 1 is 0.159 bits per heavy atom. The molecule has 0 spiro atoms. The second kappa shape index (κ2) is 32.0. The number of rotatable bonds is 16. The summed E-state index contributed by atoms with van der Waals surface area (Å²) in [5.74, 6) is 0. The molecule has 0 atom stereocenters. The van der Waals surface area contributed by atoms with Crippen LogP contribution in [0.5, 0.6) is 0 Å². The Balaban J connectivity index is 0.000000145. The van der Waals surface area contributed by atoms with Crippen molar-refractivity contribution in [1.29, 1.82) is 0 Å². The molecule has 0 saturated carbocycles. The number of para-hydroxylation sites is 6. The minimum Gasteiger partial charge on any atom is -0.456 e. The Bertz CT molecular complexity index is 8110. The highest BCUT2D eigenvalue weighted by Gasteiger charge is 2.28. The highest BCUT2D eigenvalue weighted by molar-refractivity contribution is 6.19. The van der Waals surface area contributed by atoms with E-state index in [0.29, 0.717) is 0 Å². The summed E-state index contributed by atoms with van der Waals surface area (Å²) in [6, 6.07) is 174. The normalized spacial score (nSPS) is 11.5. The Morgan fingerprint density at radius 2 is 0.444 bits per heavy atom. The van der Waals surface area contributed by atoms with Crippen molar-refractivity contribution in [2.24, 2.45) is 0 Å². The van der Waals surface area contributed by atoms with Crippen LogP contribution in [0.2, 0.25) is 0 Å². The summed E-state index contributed by atoms with van der Waals surface area (Å²) in [4.78, 5) is 4.86. The van der Waals surface area contributed by atoms with E-state index in [1.54, 1.807) is 0 Å². The zero-order valence-electron chi connectivity index (χ0n) is 68.8. The van der Waals surface area contributed by atoms with Crippen LogP contribution < -0.4 is 9.80 Å². The predicted octanol–water partition coefficient (Wildman–Crippen LogP) is 33.6. The summed E-state index contributed by atoms with van der Waals surface area (Å²) in [6.07, 6.45) is 0. The molecule has 0 bridgehead atoms. The van der Waals surface area contributed by atoms with E-state index in [0.717, 1.165) is 139 Å². The van der Waals surface area contributed by atoms with Crippen LogP contribution in [-0.4, -0.2) is 9.13 Å². The molecule has 4 aromatic heterocycles. The SMILES string of the molecule is c1ccc(-c2ccc(-c3ccc(N(c4ccc(-c5ccccc5)cc4)c4cc5c(cc4-c4ccc6oc7ccccc7c6c4)c4ccccc4n5-c4ccccc4)cc3)cc2)cc1.c1ccc(-c2ccc(-c3ccc(N(c4ccc(-c5ccccc5)cc4)c4cc5c(cc4-c4cccc6oc7ccccc7c46)c4ccccc4n5-c4ccccc4)cc3)cc2)cc1. The van der Waals surface area contributed by atoms with E-state index in [1.165, 1.54) is 82.7 Å². The van der Waals surface area contributed by atoms with Crippen LogP contribution in [0.1, 0.15) is 0 Å². The molecule has 20 aromatic carbocycles. The van der Waals surface area contributed by atoms with E-state index in [2.05, 4.69) is 486 Å². The second-order valence-corrected chi connectivity index (χ2v) is 32.2. The molecule has 126 heavy (non-hydrogen) atoms. The van der Waals surface area contributed by atoms with Gasteiger partial charge in [-0.3, -0.25) is 0 Å². The summed E-state index contributed by atoms with van der Waals surface area (Å²) in [6.45, 7) is 0. The number of hydrogen-bond donors (Lipinski definition) is 0. The van der Waals surface area contributed by atoms with Crippen LogP contribution >= 0.6 is 0 Å². The van der Waals surface area contributed by atoms with Crippen molar-refractivity contribution < 1.29 is 8.83 Å². The molecule has 0 unspecified atom stereocenters. The first-order chi connectivity index (χ1) is 62.5. The first-order valence-corrected chi connectivity index (χ1v) is 43.0. The van der Waals surface area contributed by atoms with Gasteiger partial charge in [0.2, 0.25) is 0 Å². The van der Waals surface area contributed by atoms with Crippen molar-refractivity contribution in [3.8, 4) is 100 Å². The molecule has 24 rings (SSSR count). The molecule has 6 heteroatoms. The molecular weight excluding hydrogens is 1530 g/mol. The highest BCUT2D eigenvalue weighted by Crippen LogP contribution is 2.52.